The first-order valence-corrected chi connectivity index (χ1v) is 8.90. The topological polar surface area (TPSA) is 147 Å². The molecule has 0 aromatic carbocycles. The van der Waals surface area contributed by atoms with Crippen LogP contribution < -0.4 is 0 Å². The number of carboxylic acid groups (broad SMARTS) is 2. The van der Waals surface area contributed by atoms with E-state index in [4.69, 9.17) is 19.8 Å². The number of carboxylic acids is 2. The second-order valence-electron chi connectivity index (χ2n) is 8.74. The lowest BCUT2D eigenvalue weighted by molar-refractivity contribution is -1.15. The molecule has 0 aromatic rings. The highest BCUT2D eigenvalue weighted by molar-refractivity contribution is 5.88. The van der Waals surface area contributed by atoms with Gasteiger partial charge in [-0.05, 0) is 27.7 Å². The summed E-state index contributed by atoms with van der Waals surface area (Å²) in [5.41, 5.74) is -4.20. The van der Waals surface area contributed by atoms with Crippen molar-refractivity contribution >= 4 is 23.9 Å². The molecule has 1 rings (SSSR count). The maximum absolute atomic E-state index is 12.5. The first-order valence-electron chi connectivity index (χ1n) is 8.90. The van der Waals surface area contributed by atoms with Gasteiger partial charge in [0.25, 0.3) is 0 Å². The number of hydrogen-bond acceptors (Lipinski definition) is 7. The average Bonchev–Trinajstić information content (AvgIpc) is 2.42. The SMILES string of the molecule is CC(=O)OC1CC(C)(C)[N+](C)(OC(=O)CC(O)(CC(=O)O)C(=O)O)C(C)(C)C1. The summed E-state index contributed by atoms with van der Waals surface area (Å²) in [6.45, 7) is 8.59. The number of aliphatic carboxylic acids is 2. The molecular formula is C18H30NO9+. The summed E-state index contributed by atoms with van der Waals surface area (Å²) in [6, 6.07) is 0. The molecule has 3 N–H and O–H groups in total. The maximum atomic E-state index is 12.5. The van der Waals surface area contributed by atoms with Crippen LogP contribution in [0, 0.1) is 0 Å². The van der Waals surface area contributed by atoms with E-state index in [1.165, 1.54) is 6.92 Å². The summed E-state index contributed by atoms with van der Waals surface area (Å²) in [5, 5.41) is 28.1. The molecular weight excluding hydrogens is 374 g/mol. The quantitative estimate of drug-likeness (QED) is 0.415. The van der Waals surface area contributed by atoms with Crippen LogP contribution in [0.4, 0.5) is 0 Å². The summed E-state index contributed by atoms with van der Waals surface area (Å²) < 4.78 is 5.08. The van der Waals surface area contributed by atoms with Crippen LogP contribution in [0.2, 0.25) is 0 Å². The van der Waals surface area contributed by atoms with Crippen molar-refractivity contribution in [1.29, 1.82) is 0 Å². The smallest absolute Gasteiger partial charge is 0.370 e. The van der Waals surface area contributed by atoms with E-state index in [0.717, 1.165) is 0 Å². The largest absolute Gasteiger partial charge is 0.481 e. The number of quaternary nitrogens is 1. The predicted octanol–water partition coefficient (Wildman–Crippen LogP) is 0.854. The third-order valence-electron chi connectivity index (χ3n) is 5.66. The molecule has 160 valence electrons. The number of likely N-dealkylation sites (tertiary alicyclic amines) is 1. The van der Waals surface area contributed by atoms with E-state index >= 15 is 0 Å². The summed E-state index contributed by atoms with van der Waals surface area (Å²) in [7, 11) is 1.65. The molecule has 1 heterocycles. The van der Waals surface area contributed by atoms with Gasteiger partial charge in [-0.1, -0.05) is 0 Å². The van der Waals surface area contributed by atoms with Gasteiger partial charge in [0.2, 0.25) is 0 Å². The van der Waals surface area contributed by atoms with Crippen molar-refractivity contribution in [3.05, 3.63) is 0 Å². The Labute approximate surface area is 163 Å². The van der Waals surface area contributed by atoms with Crippen LogP contribution in [-0.2, 0) is 28.8 Å². The Hall–Kier alpha value is -2.20. The Kier molecular flexibility index (Phi) is 6.53. The molecule has 28 heavy (non-hydrogen) atoms. The van der Waals surface area contributed by atoms with Crippen molar-refractivity contribution in [1.82, 2.24) is 0 Å². The van der Waals surface area contributed by atoms with Gasteiger partial charge in [0, 0.05) is 19.8 Å². The van der Waals surface area contributed by atoms with Gasteiger partial charge in [-0.15, -0.1) is 4.65 Å². The monoisotopic (exact) mass is 404 g/mol. The molecule has 0 radical (unpaired) electrons. The van der Waals surface area contributed by atoms with Crippen molar-refractivity contribution in [3.63, 3.8) is 0 Å². The number of carbonyl (C=O) groups is 4. The lowest BCUT2D eigenvalue weighted by Gasteiger charge is -2.56. The highest BCUT2D eigenvalue weighted by atomic mass is 16.8. The van der Waals surface area contributed by atoms with Crippen molar-refractivity contribution in [2.75, 3.05) is 7.05 Å². The zero-order valence-electron chi connectivity index (χ0n) is 17.1. The number of aliphatic hydroxyl groups is 1. The molecule has 1 aliphatic heterocycles. The Morgan fingerprint density at radius 2 is 1.50 bits per heavy atom. The number of nitrogens with zero attached hydrogens (tertiary/aromatic N) is 1. The number of rotatable bonds is 7. The summed E-state index contributed by atoms with van der Waals surface area (Å²) >= 11 is 0. The molecule has 0 bridgehead atoms. The van der Waals surface area contributed by atoms with Crippen LogP contribution in [0.1, 0.15) is 60.3 Å². The van der Waals surface area contributed by atoms with Gasteiger partial charge in [0.1, 0.15) is 24.2 Å². The molecule has 0 aromatic heterocycles. The lowest BCUT2D eigenvalue weighted by Crippen LogP contribution is -2.73. The van der Waals surface area contributed by atoms with Gasteiger partial charge in [-0.2, -0.15) is 0 Å². The summed E-state index contributed by atoms with van der Waals surface area (Å²) in [6.07, 6.45) is -1.75. The molecule has 10 nitrogen and oxygen atoms in total. The van der Waals surface area contributed by atoms with E-state index in [2.05, 4.69) is 0 Å². The number of ether oxygens (including phenoxy) is 1. The Balaban J connectivity index is 3.10. The van der Waals surface area contributed by atoms with E-state index in [9.17, 15) is 24.3 Å². The van der Waals surface area contributed by atoms with Crippen LogP contribution in [0.3, 0.4) is 0 Å². The minimum atomic E-state index is -2.77. The molecule has 0 saturated carbocycles. The zero-order valence-corrected chi connectivity index (χ0v) is 17.1. The second-order valence-corrected chi connectivity index (χ2v) is 8.74. The molecule has 0 amide bonds. The number of hydroxylamine groups is 3. The van der Waals surface area contributed by atoms with Crippen molar-refractivity contribution < 1.29 is 48.7 Å². The first-order chi connectivity index (χ1) is 12.5. The fourth-order valence-electron chi connectivity index (χ4n) is 3.86. The van der Waals surface area contributed by atoms with Gasteiger partial charge in [-0.25, -0.2) is 9.59 Å². The van der Waals surface area contributed by atoms with Gasteiger partial charge in [0.15, 0.2) is 5.60 Å². The van der Waals surface area contributed by atoms with Crippen molar-refractivity contribution in [2.24, 2.45) is 0 Å². The van der Waals surface area contributed by atoms with E-state index in [1.54, 1.807) is 7.05 Å². The Morgan fingerprint density at radius 1 is 1.04 bits per heavy atom. The van der Waals surface area contributed by atoms with Gasteiger partial charge in [0.05, 0.1) is 12.8 Å². The lowest BCUT2D eigenvalue weighted by atomic mass is 9.77. The third-order valence-corrected chi connectivity index (χ3v) is 5.66. The average molecular weight is 404 g/mol. The molecule has 1 fully saturated rings. The maximum Gasteiger partial charge on any atom is 0.370 e. The van der Waals surface area contributed by atoms with Crippen molar-refractivity contribution in [3.8, 4) is 0 Å². The van der Waals surface area contributed by atoms with Crippen LogP contribution in [-0.4, -0.2) is 73.7 Å². The Bertz CT molecular complexity index is 652. The molecule has 1 unspecified atom stereocenters. The molecule has 1 saturated heterocycles. The fourth-order valence-corrected chi connectivity index (χ4v) is 3.86. The summed E-state index contributed by atoms with van der Waals surface area (Å²) in [4.78, 5) is 51.6. The number of esters is 1. The summed E-state index contributed by atoms with van der Waals surface area (Å²) in [5.74, 6) is -4.83. The van der Waals surface area contributed by atoms with Crippen molar-refractivity contribution in [2.45, 2.75) is 83.1 Å². The minimum Gasteiger partial charge on any atom is -0.481 e. The van der Waals surface area contributed by atoms with E-state index < -0.39 is 53.4 Å². The van der Waals surface area contributed by atoms with E-state index in [1.807, 2.05) is 27.7 Å². The predicted molar refractivity (Wildman–Crippen MR) is 94.7 cm³/mol. The first kappa shape index (κ1) is 23.8. The fraction of sp³-hybridized carbons (Fsp3) is 0.778. The van der Waals surface area contributed by atoms with Crippen LogP contribution in [0.15, 0.2) is 0 Å². The molecule has 10 heteroatoms. The van der Waals surface area contributed by atoms with Crippen LogP contribution in [0.5, 0.6) is 0 Å². The second kappa shape index (κ2) is 7.67. The molecule has 0 spiro atoms. The van der Waals surface area contributed by atoms with Gasteiger partial charge >= 0.3 is 23.9 Å². The van der Waals surface area contributed by atoms with E-state index in [0.29, 0.717) is 12.8 Å². The van der Waals surface area contributed by atoms with Crippen LogP contribution in [0.25, 0.3) is 0 Å². The normalized spacial score (nSPS) is 27.9. The van der Waals surface area contributed by atoms with E-state index in [-0.39, 0.29) is 10.8 Å². The molecule has 0 aliphatic carbocycles. The molecule has 1 aliphatic rings. The third kappa shape index (κ3) is 4.79. The molecule has 1 atom stereocenters. The number of carbonyl (C=O) groups excluding carboxylic acids is 2. The van der Waals surface area contributed by atoms with Crippen LogP contribution >= 0.6 is 0 Å². The standard InChI is InChI=1S/C18H29NO9/c1-11(20)27-12-7-16(2,3)19(6,17(4,5)8-12)28-14(23)10-18(26,15(24)25)9-13(21)22/h12,26H,7-10H2,1-6H3,(H-,21,22,24,25)/p+1. The number of hydrogen-bond donors (Lipinski definition) is 3. The minimum absolute atomic E-state index is 0.265. The number of piperidine rings is 1. The Morgan fingerprint density at radius 3 is 1.86 bits per heavy atom. The zero-order chi connectivity index (χ0) is 22.1. The van der Waals surface area contributed by atoms with Gasteiger partial charge < -0.3 is 20.1 Å². The van der Waals surface area contributed by atoms with Gasteiger partial charge in [-0.3, -0.25) is 14.4 Å². The highest BCUT2D eigenvalue weighted by Gasteiger charge is 2.61. The highest BCUT2D eigenvalue weighted by Crippen LogP contribution is 2.46.